The fourth-order valence-corrected chi connectivity index (χ4v) is 2.93. The summed E-state index contributed by atoms with van der Waals surface area (Å²) in [5, 5.41) is 3.39. The first kappa shape index (κ1) is 15.0. The van der Waals surface area contributed by atoms with Crippen molar-refractivity contribution in [2.75, 3.05) is 11.4 Å². The highest BCUT2D eigenvalue weighted by Gasteiger charge is 2.30. The van der Waals surface area contributed by atoms with E-state index >= 15 is 0 Å². The van der Waals surface area contributed by atoms with Crippen LogP contribution >= 0.6 is 0 Å². The topological polar surface area (TPSA) is 32.3 Å². The lowest BCUT2D eigenvalue weighted by molar-refractivity contribution is -0.121. The quantitative estimate of drug-likeness (QED) is 0.894. The second kappa shape index (κ2) is 6.89. The van der Waals surface area contributed by atoms with E-state index in [4.69, 9.17) is 0 Å². The van der Waals surface area contributed by atoms with Crippen molar-refractivity contribution in [3.8, 4) is 0 Å². The van der Waals surface area contributed by atoms with Crippen LogP contribution in [0.3, 0.4) is 0 Å². The molecule has 3 heteroatoms. The lowest BCUT2D eigenvalue weighted by atomic mass is 10.0. The number of carbonyl (C=O) groups excluding carboxylic acids is 1. The number of benzene rings is 1. The Balaban J connectivity index is 2.21. The Morgan fingerprint density at radius 2 is 2.10 bits per heavy atom. The number of piperidine rings is 1. The maximum atomic E-state index is 12.7. The smallest absolute Gasteiger partial charge is 0.244 e. The van der Waals surface area contributed by atoms with Crippen molar-refractivity contribution in [1.29, 1.82) is 0 Å². The molecule has 20 heavy (non-hydrogen) atoms. The number of carbonyl (C=O) groups is 1. The third-order valence-electron chi connectivity index (χ3n) is 3.77. The van der Waals surface area contributed by atoms with Crippen LogP contribution in [0.25, 0.3) is 0 Å². The van der Waals surface area contributed by atoms with E-state index in [1.54, 1.807) is 0 Å². The zero-order chi connectivity index (χ0) is 14.5. The Morgan fingerprint density at radius 3 is 2.80 bits per heavy atom. The molecule has 1 unspecified atom stereocenters. The van der Waals surface area contributed by atoms with Crippen molar-refractivity contribution in [2.24, 2.45) is 0 Å². The number of nitrogens with one attached hydrogen (secondary N) is 1. The highest BCUT2D eigenvalue weighted by molar-refractivity contribution is 5.98. The maximum Gasteiger partial charge on any atom is 0.244 e. The summed E-state index contributed by atoms with van der Waals surface area (Å²) < 4.78 is 0. The summed E-state index contributed by atoms with van der Waals surface area (Å²) in [4.78, 5) is 14.7. The maximum absolute atomic E-state index is 12.7. The molecule has 110 valence electrons. The van der Waals surface area contributed by atoms with Gasteiger partial charge in [-0.3, -0.25) is 4.79 Å². The van der Waals surface area contributed by atoms with Crippen molar-refractivity contribution in [3.05, 3.63) is 29.8 Å². The van der Waals surface area contributed by atoms with Crippen LogP contribution in [0, 0.1) is 0 Å². The molecule has 2 rings (SSSR count). The van der Waals surface area contributed by atoms with Gasteiger partial charge in [-0.15, -0.1) is 0 Å². The summed E-state index contributed by atoms with van der Waals surface area (Å²) in [6.07, 6.45) is 4.15. The van der Waals surface area contributed by atoms with Crippen molar-refractivity contribution in [3.63, 3.8) is 0 Å². The standard InChI is InChI=1S/C17H26N2O/c1-4-8-14-9-5-6-11-16(14)19-12-7-10-15(17(19)20)18-13(2)3/h5-6,9,11,13,15,18H,4,7-8,10,12H2,1-3H3. The molecule has 0 bridgehead atoms. The van der Waals surface area contributed by atoms with Crippen LogP contribution in [0.1, 0.15) is 45.6 Å². The molecular weight excluding hydrogens is 248 g/mol. The molecule has 0 spiro atoms. The predicted octanol–water partition coefficient (Wildman–Crippen LogP) is 3.13. The van der Waals surface area contributed by atoms with Crippen LogP contribution in [0.5, 0.6) is 0 Å². The second-order valence-corrected chi connectivity index (χ2v) is 5.88. The van der Waals surface area contributed by atoms with Crippen molar-refractivity contribution in [1.82, 2.24) is 5.32 Å². The van der Waals surface area contributed by atoms with E-state index in [-0.39, 0.29) is 11.9 Å². The summed E-state index contributed by atoms with van der Waals surface area (Å²) in [5.41, 5.74) is 2.39. The van der Waals surface area contributed by atoms with Gasteiger partial charge in [-0.1, -0.05) is 45.4 Å². The molecule has 3 nitrogen and oxygen atoms in total. The van der Waals surface area contributed by atoms with Crippen LogP contribution in [0.2, 0.25) is 0 Å². The summed E-state index contributed by atoms with van der Waals surface area (Å²) in [6.45, 7) is 7.21. The molecule has 1 aromatic rings. The highest BCUT2D eigenvalue weighted by Crippen LogP contribution is 2.26. The van der Waals surface area contributed by atoms with Gasteiger partial charge in [-0.25, -0.2) is 0 Å². The van der Waals surface area contributed by atoms with E-state index < -0.39 is 0 Å². The van der Waals surface area contributed by atoms with Crippen LogP contribution in [-0.4, -0.2) is 24.5 Å². The Labute approximate surface area is 122 Å². The van der Waals surface area contributed by atoms with Crippen LogP contribution < -0.4 is 10.2 Å². The van der Waals surface area contributed by atoms with Gasteiger partial charge in [0.2, 0.25) is 5.91 Å². The summed E-state index contributed by atoms with van der Waals surface area (Å²) in [6, 6.07) is 8.63. The molecule has 1 amide bonds. The molecule has 1 heterocycles. The number of nitrogens with zero attached hydrogens (tertiary/aromatic N) is 1. The predicted molar refractivity (Wildman–Crippen MR) is 84.1 cm³/mol. The number of rotatable bonds is 5. The molecule has 0 saturated carbocycles. The normalized spacial score (nSPS) is 19.7. The zero-order valence-electron chi connectivity index (χ0n) is 12.9. The van der Waals surface area contributed by atoms with E-state index in [1.165, 1.54) is 5.56 Å². The summed E-state index contributed by atoms with van der Waals surface area (Å²) in [5.74, 6) is 0.230. The summed E-state index contributed by atoms with van der Waals surface area (Å²) >= 11 is 0. The number of para-hydroxylation sites is 1. The first-order valence-electron chi connectivity index (χ1n) is 7.78. The fourth-order valence-electron chi connectivity index (χ4n) is 2.93. The average molecular weight is 274 g/mol. The van der Waals surface area contributed by atoms with Gasteiger partial charge < -0.3 is 10.2 Å². The number of aryl methyl sites for hydroxylation is 1. The van der Waals surface area contributed by atoms with E-state index in [2.05, 4.69) is 44.3 Å². The molecule has 0 radical (unpaired) electrons. The van der Waals surface area contributed by atoms with E-state index in [0.717, 1.165) is 37.9 Å². The Morgan fingerprint density at radius 1 is 1.35 bits per heavy atom. The van der Waals surface area contributed by atoms with Crippen LogP contribution in [-0.2, 0) is 11.2 Å². The lowest BCUT2D eigenvalue weighted by Crippen LogP contribution is -2.52. The Hall–Kier alpha value is -1.35. The molecule has 1 aromatic carbocycles. The minimum absolute atomic E-state index is 0.0292. The van der Waals surface area contributed by atoms with Crippen molar-refractivity contribution in [2.45, 2.75) is 58.5 Å². The van der Waals surface area contributed by atoms with Crippen LogP contribution in [0.4, 0.5) is 5.69 Å². The largest absolute Gasteiger partial charge is 0.311 e. The molecule has 1 atom stereocenters. The molecule has 1 aliphatic rings. The van der Waals surface area contributed by atoms with Crippen LogP contribution in [0.15, 0.2) is 24.3 Å². The Bertz CT molecular complexity index is 456. The first-order valence-corrected chi connectivity index (χ1v) is 7.78. The van der Waals surface area contributed by atoms with Gasteiger partial charge in [0, 0.05) is 18.3 Å². The minimum Gasteiger partial charge on any atom is -0.311 e. The van der Waals surface area contributed by atoms with Gasteiger partial charge in [-0.2, -0.15) is 0 Å². The minimum atomic E-state index is -0.0292. The monoisotopic (exact) mass is 274 g/mol. The zero-order valence-corrected chi connectivity index (χ0v) is 12.9. The number of hydrogen-bond acceptors (Lipinski definition) is 2. The van der Waals surface area contributed by atoms with Crippen molar-refractivity contribution >= 4 is 11.6 Å². The van der Waals surface area contributed by atoms with E-state index in [0.29, 0.717) is 6.04 Å². The van der Waals surface area contributed by atoms with Gasteiger partial charge in [-0.05, 0) is 30.9 Å². The lowest BCUT2D eigenvalue weighted by Gasteiger charge is -2.34. The van der Waals surface area contributed by atoms with E-state index in [9.17, 15) is 4.79 Å². The fraction of sp³-hybridized carbons (Fsp3) is 0.588. The second-order valence-electron chi connectivity index (χ2n) is 5.88. The van der Waals surface area contributed by atoms with Gasteiger partial charge in [0.1, 0.15) is 0 Å². The summed E-state index contributed by atoms with van der Waals surface area (Å²) in [7, 11) is 0. The highest BCUT2D eigenvalue weighted by atomic mass is 16.2. The number of hydrogen-bond donors (Lipinski definition) is 1. The molecule has 1 saturated heterocycles. The van der Waals surface area contributed by atoms with Crippen molar-refractivity contribution < 1.29 is 4.79 Å². The van der Waals surface area contributed by atoms with Gasteiger partial charge in [0.25, 0.3) is 0 Å². The van der Waals surface area contributed by atoms with E-state index in [1.807, 2.05) is 11.0 Å². The average Bonchev–Trinajstić information content (AvgIpc) is 2.42. The first-order chi connectivity index (χ1) is 9.63. The third kappa shape index (κ3) is 3.40. The molecule has 1 aliphatic heterocycles. The Kier molecular flexibility index (Phi) is 5.18. The third-order valence-corrected chi connectivity index (χ3v) is 3.77. The number of amides is 1. The van der Waals surface area contributed by atoms with Gasteiger partial charge in [0.15, 0.2) is 0 Å². The molecular formula is C17H26N2O. The molecule has 0 aliphatic carbocycles. The molecule has 1 N–H and O–H groups in total. The number of anilines is 1. The molecule has 1 fully saturated rings. The van der Waals surface area contributed by atoms with Gasteiger partial charge >= 0.3 is 0 Å². The molecule has 0 aromatic heterocycles. The van der Waals surface area contributed by atoms with Gasteiger partial charge in [0.05, 0.1) is 6.04 Å². The SMILES string of the molecule is CCCc1ccccc1N1CCCC(NC(C)C)C1=O.